The van der Waals surface area contributed by atoms with Gasteiger partial charge < -0.3 is 19.8 Å². The zero-order chi connectivity index (χ0) is 15.6. The van der Waals surface area contributed by atoms with E-state index in [0.717, 1.165) is 35.1 Å². The van der Waals surface area contributed by atoms with Crippen molar-refractivity contribution < 1.29 is 9.47 Å². The van der Waals surface area contributed by atoms with Gasteiger partial charge in [-0.3, -0.25) is 0 Å². The molecule has 0 saturated carbocycles. The second kappa shape index (κ2) is 6.08. The van der Waals surface area contributed by atoms with Crippen LogP contribution in [0.25, 0.3) is 11.3 Å². The highest BCUT2D eigenvalue weighted by molar-refractivity contribution is 5.77. The monoisotopic (exact) mass is 289 g/mol. The highest BCUT2D eigenvalue weighted by Crippen LogP contribution is 2.37. The van der Waals surface area contributed by atoms with Crippen LogP contribution in [0.5, 0.6) is 11.5 Å². The zero-order valence-electron chi connectivity index (χ0n) is 13.3. The Balaban J connectivity index is 2.66. The van der Waals surface area contributed by atoms with Crippen molar-refractivity contribution in [3.8, 4) is 22.8 Å². The first-order chi connectivity index (χ1) is 10.0. The number of hydrogen-bond acceptors (Lipinski definition) is 4. The predicted molar refractivity (Wildman–Crippen MR) is 84.9 cm³/mol. The topological polar surface area (TPSA) is 62.3 Å². The van der Waals surface area contributed by atoms with Crippen molar-refractivity contribution in [2.24, 2.45) is 0 Å². The van der Waals surface area contributed by atoms with Crippen molar-refractivity contribution in [2.75, 3.05) is 20.0 Å². The minimum Gasteiger partial charge on any atom is -0.497 e. The largest absolute Gasteiger partial charge is 0.497 e. The van der Waals surface area contributed by atoms with Crippen LogP contribution in [0.3, 0.4) is 0 Å². The smallest absolute Gasteiger partial charge is 0.131 e. The Morgan fingerprint density at radius 3 is 2.43 bits per heavy atom. The first kappa shape index (κ1) is 15.2. The molecule has 5 heteroatoms. The molecule has 0 aliphatic carbocycles. The van der Waals surface area contributed by atoms with Gasteiger partial charge in [-0.15, -0.1) is 0 Å². The van der Waals surface area contributed by atoms with Gasteiger partial charge in [0.25, 0.3) is 0 Å². The molecule has 0 radical (unpaired) electrons. The number of hydrogen-bond donors (Lipinski definition) is 1. The van der Waals surface area contributed by atoms with E-state index in [9.17, 15) is 0 Å². The van der Waals surface area contributed by atoms with Crippen molar-refractivity contribution >= 4 is 5.82 Å². The number of ether oxygens (including phenoxy) is 2. The standard InChI is InChI=1S/C16H23N3O2/c1-6-19-15(17)14(18-16(19)10(2)3)12-9-11(20-4)7-8-13(12)21-5/h7-10H,6,17H2,1-5H3. The minimum atomic E-state index is 0.303. The van der Waals surface area contributed by atoms with E-state index in [1.165, 1.54) is 0 Å². The molecule has 114 valence electrons. The number of nitrogens with two attached hydrogens (primary N) is 1. The van der Waals surface area contributed by atoms with E-state index in [4.69, 9.17) is 20.2 Å². The molecule has 2 aromatic rings. The second-order valence-electron chi connectivity index (χ2n) is 5.17. The predicted octanol–water partition coefficient (Wildman–Crippen LogP) is 3.29. The van der Waals surface area contributed by atoms with Crippen LogP contribution in [-0.2, 0) is 6.54 Å². The summed E-state index contributed by atoms with van der Waals surface area (Å²) in [5.74, 6) is 3.43. The Morgan fingerprint density at radius 1 is 1.24 bits per heavy atom. The Labute approximate surface area is 125 Å². The van der Waals surface area contributed by atoms with Crippen LogP contribution >= 0.6 is 0 Å². The van der Waals surface area contributed by atoms with E-state index in [0.29, 0.717) is 11.7 Å². The molecular formula is C16H23N3O2. The zero-order valence-corrected chi connectivity index (χ0v) is 13.3. The number of anilines is 1. The van der Waals surface area contributed by atoms with E-state index >= 15 is 0 Å². The molecule has 0 spiro atoms. The first-order valence-electron chi connectivity index (χ1n) is 7.11. The third-order valence-corrected chi connectivity index (χ3v) is 3.53. The summed E-state index contributed by atoms with van der Waals surface area (Å²) in [5.41, 5.74) is 7.90. The number of benzene rings is 1. The van der Waals surface area contributed by atoms with E-state index in [1.54, 1.807) is 14.2 Å². The Bertz CT molecular complexity index is 633. The minimum absolute atomic E-state index is 0.303. The molecule has 0 fully saturated rings. The van der Waals surface area contributed by atoms with Crippen LogP contribution in [0.4, 0.5) is 5.82 Å². The van der Waals surface area contributed by atoms with Crippen molar-refractivity contribution in [1.29, 1.82) is 0 Å². The molecule has 0 atom stereocenters. The third-order valence-electron chi connectivity index (χ3n) is 3.53. The van der Waals surface area contributed by atoms with E-state index < -0.39 is 0 Å². The highest BCUT2D eigenvalue weighted by Gasteiger charge is 2.20. The van der Waals surface area contributed by atoms with Gasteiger partial charge in [0.05, 0.1) is 14.2 Å². The average molecular weight is 289 g/mol. The Hall–Kier alpha value is -2.17. The SMILES string of the molecule is CCn1c(C(C)C)nc(-c2cc(OC)ccc2OC)c1N. The van der Waals surface area contributed by atoms with Gasteiger partial charge in [0, 0.05) is 18.0 Å². The van der Waals surface area contributed by atoms with Gasteiger partial charge in [-0.2, -0.15) is 0 Å². The number of imidazole rings is 1. The van der Waals surface area contributed by atoms with Gasteiger partial charge in [0.2, 0.25) is 0 Å². The van der Waals surface area contributed by atoms with Crippen LogP contribution in [0.15, 0.2) is 18.2 Å². The van der Waals surface area contributed by atoms with Gasteiger partial charge in [0.15, 0.2) is 0 Å². The summed E-state index contributed by atoms with van der Waals surface area (Å²) in [4.78, 5) is 4.74. The van der Waals surface area contributed by atoms with Crippen LogP contribution in [-0.4, -0.2) is 23.8 Å². The van der Waals surface area contributed by atoms with Crippen molar-refractivity contribution in [2.45, 2.75) is 33.2 Å². The summed E-state index contributed by atoms with van der Waals surface area (Å²) in [6.45, 7) is 7.08. The summed E-state index contributed by atoms with van der Waals surface area (Å²) < 4.78 is 12.8. The van der Waals surface area contributed by atoms with Gasteiger partial charge >= 0.3 is 0 Å². The maximum absolute atomic E-state index is 6.30. The summed E-state index contributed by atoms with van der Waals surface area (Å²) >= 11 is 0. The first-order valence-corrected chi connectivity index (χ1v) is 7.11. The van der Waals surface area contributed by atoms with Gasteiger partial charge in [-0.25, -0.2) is 4.98 Å². The molecule has 5 nitrogen and oxygen atoms in total. The fraction of sp³-hybridized carbons (Fsp3) is 0.438. The summed E-state index contributed by atoms with van der Waals surface area (Å²) in [6, 6.07) is 5.63. The summed E-state index contributed by atoms with van der Waals surface area (Å²) in [5, 5.41) is 0. The number of nitrogens with zero attached hydrogens (tertiary/aromatic N) is 2. The van der Waals surface area contributed by atoms with E-state index in [2.05, 4.69) is 20.8 Å². The molecule has 2 N–H and O–H groups in total. The fourth-order valence-corrected chi connectivity index (χ4v) is 2.45. The average Bonchev–Trinajstić information content (AvgIpc) is 2.83. The Kier molecular flexibility index (Phi) is 4.40. The van der Waals surface area contributed by atoms with Gasteiger partial charge in [-0.05, 0) is 25.1 Å². The van der Waals surface area contributed by atoms with Crippen molar-refractivity contribution in [3.05, 3.63) is 24.0 Å². The van der Waals surface area contributed by atoms with Crippen LogP contribution in [0.1, 0.15) is 32.5 Å². The molecule has 0 bridgehead atoms. The van der Waals surface area contributed by atoms with Crippen LogP contribution in [0, 0.1) is 0 Å². The maximum Gasteiger partial charge on any atom is 0.131 e. The number of aromatic nitrogens is 2. The third kappa shape index (κ3) is 2.68. The lowest BCUT2D eigenvalue weighted by Crippen LogP contribution is -2.06. The maximum atomic E-state index is 6.30. The lowest BCUT2D eigenvalue weighted by Gasteiger charge is -2.10. The van der Waals surface area contributed by atoms with E-state index in [-0.39, 0.29) is 0 Å². The Morgan fingerprint density at radius 2 is 1.95 bits per heavy atom. The van der Waals surface area contributed by atoms with Crippen LogP contribution < -0.4 is 15.2 Å². The fourth-order valence-electron chi connectivity index (χ4n) is 2.45. The number of nitrogen functional groups attached to an aromatic ring is 1. The summed E-state index contributed by atoms with van der Waals surface area (Å²) in [6.07, 6.45) is 0. The molecule has 0 unspecified atom stereocenters. The molecule has 1 heterocycles. The molecule has 1 aromatic heterocycles. The van der Waals surface area contributed by atoms with E-state index in [1.807, 2.05) is 22.8 Å². The molecule has 21 heavy (non-hydrogen) atoms. The molecule has 2 rings (SSSR count). The molecule has 0 saturated heterocycles. The van der Waals surface area contributed by atoms with Crippen molar-refractivity contribution in [1.82, 2.24) is 9.55 Å². The molecule has 0 aliphatic rings. The molecule has 0 aliphatic heterocycles. The van der Waals surface area contributed by atoms with Crippen molar-refractivity contribution in [3.63, 3.8) is 0 Å². The second-order valence-corrected chi connectivity index (χ2v) is 5.17. The number of rotatable bonds is 5. The quantitative estimate of drug-likeness (QED) is 0.917. The van der Waals surface area contributed by atoms with Crippen LogP contribution in [0.2, 0.25) is 0 Å². The number of methoxy groups -OCH3 is 2. The normalized spacial score (nSPS) is 11.0. The lowest BCUT2D eigenvalue weighted by molar-refractivity contribution is 0.404. The molecular weight excluding hydrogens is 266 g/mol. The summed E-state index contributed by atoms with van der Waals surface area (Å²) in [7, 11) is 3.28. The van der Waals surface area contributed by atoms with Gasteiger partial charge in [0.1, 0.15) is 28.8 Å². The van der Waals surface area contributed by atoms with Gasteiger partial charge in [-0.1, -0.05) is 13.8 Å². The lowest BCUT2D eigenvalue weighted by atomic mass is 10.1. The molecule has 1 aromatic carbocycles. The highest BCUT2D eigenvalue weighted by atomic mass is 16.5. The molecule has 0 amide bonds.